The molecule has 13 heteroatoms. The predicted octanol–water partition coefficient (Wildman–Crippen LogP) is 4.31. The maximum absolute atomic E-state index is 13.0. The molecule has 0 spiro atoms. The Morgan fingerprint density at radius 3 is 1.59 bits per heavy atom. The van der Waals surface area contributed by atoms with Crippen LogP contribution in [0.25, 0.3) is 0 Å². The Kier molecular flexibility index (Phi) is 5.68. The van der Waals surface area contributed by atoms with Crippen LogP contribution in [0.4, 0.5) is 43.9 Å². The molecule has 0 aromatic rings. The summed E-state index contributed by atoms with van der Waals surface area (Å²) < 4.78 is 131. The van der Waals surface area contributed by atoms with Crippen molar-refractivity contribution in [2.75, 3.05) is 6.61 Å². The summed E-state index contributed by atoms with van der Waals surface area (Å²) in [6.45, 7) is 0.290. The first-order valence-corrected chi connectivity index (χ1v) is 5.61. The van der Waals surface area contributed by atoms with E-state index in [1.54, 1.807) is 0 Å². The summed E-state index contributed by atoms with van der Waals surface area (Å²) in [6.07, 6.45) is -0.195. The van der Waals surface area contributed by atoms with Crippen LogP contribution in [0.15, 0.2) is 0 Å². The average molecular weight is 373 g/mol. The lowest BCUT2D eigenvalue weighted by Crippen LogP contribution is -2.68. The second-order valence-electron chi connectivity index (χ2n) is 3.93. The van der Waals surface area contributed by atoms with E-state index < -0.39 is 41.6 Å². The summed E-state index contributed by atoms with van der Waals surface area (Å²) in [4.78, 5) is 10.6. The van der Waals surface area contributed by atoms with Gasteiger partial charge in [-0.1, -0.05) is 6.92 Å². The van der Waals surface area contributed by atoms with E-state index in [0.717, 1.165) is 0 Å². The van der Waals surface area contributed by atoms with Crippen molar-refractivity contribution in [2.45, 2.75) is 42.4 Å². The van der Waals surface area contributed by atoms with Crippen LogP contribution < -0.4 is 0 Å². The molecule has 0 aliphatic heterocycles. The van der Waals surface area contributed by atoms with Crippen molar-refractivity contribution >= 4 is 17.6 Å². The highest BCUT2D eigenvalue weighted by Gasteiger charge is 2.88. The number of carbonyl (C=O) groups excluding carboxylic acids is 1. The summed E-state index contributed by atoms with van der Waals surface area (Å²) in [5.41, 5.74) is 0. The molecule has 0 amide bonds. The van der Waals surface area contributed by atoms with Crippen LogP contribution in [0, 0.1) is 0 Å². The van der Waals surface area contributed by atoms with Gasteiger partial charge in [0.05, 0.1) is 6.61 Å². The number of halogens is 11. The first kappa shape index (κ1) is 21.1. The van der Waals surface area contributed by atoms with Gasteiger partial charge < -0.3 is 4.74 Å². The van der Waals surface area contributed by atoms with Gasteiger partial charge in [0.15, 0.2) is 0 Å². The Morgan fingerprint density at radius 1 is 0.864 bits per heavy atom. The van der Waals surface area contributed by atoms with Crippen LogP contribution >= 0.6 is 11.6 Å². The fourth-order valence-electron chi connectivity index (χ4n) is 0.986. The van der Waals surface area contributed by atoms with E-state index in [1.165, 1.54) is 6.92 Å². The Bertz CT molecular complexity index is 417. The van der Waals surface area contributed by atoms with Crippen LogP contribution in [-0.4, -0.2) is 41.6 Å². The van der Waals surface area contributed by atoms with E-state index in [1.807, 2.05) is 0 Å². The molecule has 132 valence electrons. The van der Waals surface area contributed by atoms with Crippen LogP contribution in [0.3, 0.4) is 0 Å². The molecular formula is C9H7ClF10O2. The molecule has 0 aromatic carbocycles. The molecule has 0 rings (SSSR count). The second-order valence-corrected chi connectivity index (χ2v) is 4.41. The smallest absolute Gasteiger partial charge is 0.410 e. The molecule has 0 N–H and O–H groups in total. The van der Waals surface area contributed by atoms with Gasteiger partial charge in [0.25, 0.3) is 0 Å². The van der Waals surface area contributed by atoms with E-state index in [9.17, 15) is 48.7 Å². The lowest BCUT2D eigenvalue weighted by Gasteiger charge is -2.36. The third kappa shape index (κ3) is 3.06. The number of ether oxygens (including phenoxy) is 1. The van der Waals surface area contributed by atoms with E-state index in [2.05, 4.69) is 16.3 Å². The summed E-state index contributed by atoms with van der Waals surface area (Å²) >= 11 is 3.57. The van der Waals surface area contributed by atoms with Crippen molar-refractivity contribution < 1.29 is 53.4 Å². The lowest BCUT2D eigenvalue weighted by molar-refractivity contribution is -0.384. The second kappa shape index (κ2) is 5.93. The van der Waals surface area contributed by atoms with E-state index in [-0.39, 0.29) is 6.42 Å². The summed E-state index contributed by atoms with van der Waals surface area (Å²) in [7, 11) is 0. The molecule has 0 fully saturated rings. The van der Waals surface area contributed by atoms with Crippen molar-refractivity contribution in [1.29, 1.82) is 0 Å². The molecule has 0 aromatic heterocycles. The number of hydrogen-bond donors (Lipinski definition) is 0. The Balaban J connectivity index is 5.84. The summed E-state index contributed by atoms with van der Waals surface area (Å²) in [5.74, 6) is -31.4. The Labute approximate surface area is 121 Å². The first-order chi connectivity index (χ1) is 9.48. The van der Waals surface area contributed by atoms with Crippen LogP contribution in [-0.2, 0) is 9.53 Å². The molecule has 0 radical (unpaired) electrons. The van der Waals surface area contributed by atoms with Gasteiger partial charge in [-0.15, -0.1) is 0 Å². The van der Waals surface area contributed by atoms with Crippen molar-refractivity contribution in [2.24, 2.45) is 0 Å². The van der Waals surface area contributed by atoms with Crippen molar-refractivity contribution in [3.8, 4) is 0 Å². The Morgan fingerprint density at radius 2 is 1.27 bits per heavy atom. The summed E-state index contributed by atoms with van der Waals surface area (Å²) in [5, 5.41) is -6.29. The van der Waals surface area contributed by atoms with Crippen LogP contribution in [0.2, 0.25) is 0 Å². The highest BCUT2D eigenvalue weighted by atomic mass is 35.5. The maximum Gasteiger partial charge on any atom is 0.410 e. The largest absolute Gasteiger partial charge is 0.461 e. The monoisotopic (exact) mass is 372 g/mol. The predicted molar refractivity (Wildman–Crippen MR) is 51.8 cm³/mol. The zero-order valence-corrected chi connectivity index (χ0v) is 11.1. The fraction of sp³-hybridized carbons (Fsp3) is 0.889. The molecule has 0 aliphatic carbocycles. The normalized spacial score (nSPS) is 14.9. The summed E-state index contributed by atoms with van der Waals surface area (Å²) in [6, 6.07) is 0. The quantitative estimate of drug-likeness (QED) is 0.378. The minimum atomic E-state index is -7.36. The third-order valence-corrected chi connectivity index (χ3v) is 2.47. The molecule has 0 saturated heterocycles. The molecule has 0 saturated carbocycles. The van der Waals surface area contributed by atoms with Gasteiger partial charge in [0.2, 0.25) is 0 Å². The SMILES string of the molecule is CCCOC(=O)C(F)(F)C(F)(F)C(F)(F)C(F)(F)C(F)(F)Cl. The van der Waals surface area contributed by atoms with Gasteiger partial charge >= 0.3 is 35.0 Å². The number of rotatable bonds is 7. The minimum absolute atomic E-state index is 0.195. The average Bonchev–Trinajstić information content (AvgIpc) is 2.33. The highest BCUT2D eigenvalue weighted by molar-refractivity contribution is 6.22. The molecule has 0 aliphatic rings. The topological polar surface area (TPSA) is 26.3 Å². The maximum atomic E-state index is 13.0. The number of hydrogen-bond acceptors (Lipinski definition) is 2. The van der Waals surface area contributed by atoms with Gasteiger partial charge in [0.1, 0.15) is 0 Å². The number of esters is 1. The fourth-order valence-corrected chi connectivity index (χ4v) is 1.10. The zero-order chi connectivity index (χ0) is 18.2. The molecule has 2 nitrogen and oxygen atoms in total. The molecule has 22 heavy (non-hydrogen) atoms. The Hall–Kier alpha value is -0.940. The van der Waals surface area contributed by atoms with Gasteiger partial charge in [-0.3, -0.25) is 0 Å². The molecule has 0 heterocycles. The standard InChI is InChI=1S/C9H7ClF10O2/c1-2-3-22-4(21)5(11,12)6(13,14)7(15,16)8(17,18)9(10,19)20/h2-3H2,1H3. The molecule has 0 unspecified atom stereocenters. The van der Waals surface area contributed by atoms with Gasteiger partial charge in [-0.05, 0) is 18.0 Å². The molecule has 0 bridgehead atoms. The van der Waals surface area contributed by atoms with Crippen molar-refractivity contribution in [3.05, 3.63) is 0 Å². The van der Waals surface area contributed by atoms with Crippen molar-refractivity contribution in [3.63, 3.8) is 0 Å². The van der Waals surface area contributed by atoms with Gasteiger partial charge in [-0.25, -0.2) is 4.79 Å². The number of carbonyl (C=O) groups is 1. The zero-order valence-electron chi connectivity index (χ0n) is 10.4. The van der Waals surface area contributed by atoms with E-state index in [0.29, 0.717) is 0 Å². The van der Waals surface area contributed by atoms with Crippen LogP contribution in [0.5, 0.6) is 0 Å². The minimum Gasteiger partial charge on any atom is -0.461 e. The van der Waals surface area contributed by atoms with E-state index >= 15 is 0 Å². The first-order valence-electron chi connectivity index (χ1n) is 5.23. The van der Waals surface area contributed by atoms with E-state index in [4.69, 9.17) is 0 Å². The molecular weight excluding hydrogens is 366 g/mol. The van der Waals surface area contributed by atoms with Gasteiger partial charge in [0, 0.05) is 0 Å². The van der Waals surface area contributed by atoms with Crippen molar-refractivity contribution in [1.82, 2.24) is 0 Å². The third-order valence-electron chi connectivity index (χ3n) is 2.23. The highest BCUT2D eigenvalue weighted by Crippen LogP contribution is 2.58. The van der Waals surface area contributed by atoms with Crippen LogP contribution in [0.1, 0.15) is 13.3 Å². The molecule has 0 atom stereocenters. The lowest BCUT2D eigenvalue weighted by atomic mass is 9.98. The number of alkyl halides is 11. The van der Waals surface area contributed by atoms with Gasteiger partial charge in [-0.2, -0.15) is 43.9 Å².